The number of aliphatic hydroxyl groups is 2. The topological polar surface area (TPSA) is 78.5 Å². The number of fused-ring (bicyclic) bond motifs is 1. The predicted octanol–water partition coefficient (Wildman–Crippen LogP) is 0.653. The van der Waals surface area contributed by atoms with Crippen molar-refractivity contribution in [2.45, 2.75) is 18.9 Å². The highest BCUT2D eigenvalue weighted by Crippen LogP contribution is 2.34. The van der Waals surface area contributed by atoms with Gasteiger partial charge in [0.15, 0.2) is 0 Å². The standard InChI is InChI=1S/C11H16N2O2/c12-8-4-3-7-2-1-5-13-11(7)10(8)9(15)6-14/h3-4,9,13-15H,1-2,5-6,12H2. The van der Waals surface area contributed by atoms with Crippen LogP contribution in [-0.2, 0) is 6.42 Å². The maximum absolute atomic E-state index is 9.70. The molecule has 5 N–H and O–H groups in total. The SMILES string of the molecule is Nc1ccc2c(c1C(O)CO)NCCC2. The molecule has 1 aliphatic rings. The van der Waals surface area contributed by atoms with Crippen LogP contribution in [0.5, 0.6) is 0 Å². The molecular weight excluding hydrogens is 192 g/mol. The van der Waals surface area contributed by atoms with Crippen LogP contribution in [0.2, 0.25) is 0 Å². The number of rotatable bonds is 2. The van der Waals surface area contributed by atoms with Gasteiger partial charge in [0.1, 0.15) is 6.10 Å². The number of aliphatic hydroxyl groups excluding tert-OH is 2. The van der Waals surface area contributed by atoms with Crippen LogP contribution in [0.3, 0.4) is 0 Å². The number of hydrogen-bond donors (Lipinski definition) is 4. The van der Waals surface area contributed by atoms with Gasteiger partial charge >= 0.3 is 0 Å². The fourth-order valence-corrected chi connectivity index (χ4v) is 2.04. The van der Waals surface area contributed by atoms with Crippen molar-refractivity contribution in [2.24, 2.45) is 0 Å². The summed E-state index contributed by atoms with van der Waals surface area (Å²) in [7, 11) is 0. The first-order chi connectivity index (χ1) is 7.24. The molecule has 0 saturated heterocycles. The molecule has 0 fully saturated rings. The number of anilines is 2. The average Bonchev–Trinajstić information content (AvgIpc) is 2.28. The van der Waals surface area contributed by atoms with Crippen molar-refractivity contribution >= 4 is 11.4 Å². The van der Waals surface area contributed by atoms with E-state index in [0.29, 0.717) is 11.3 Å². The van der Waals surface area contributed by atoms with E-state index in [0.717, 1.165) is 30.6 Å². The van der Waals surface area contributed by atoms with Gasteiger partial charge in [0, 0.05) is 23.5 Å². The van der Waals surface area contributed by atoms with Gasteiger partial charge in [-0.3, -0.25) is 0 Å². The number of nitrogen functional groups attached to an aromatic ring is 1. The van der Waals surface area contributed by atoms with Gasteiger partial charge in [0.05, 0.1) is 6.61 Å². The van der Waals surface area contributed by atoms with Gasteiger partial charge in [0.2, 0.25) is 0 Å². The largest absolute Gasteiger partial charge is 0.398 e. The summed E-state index contributed by atoms with van der Waals surface area (Å²) in [6, 6.07) is 3.77. The van der Waals surface area contributed by atoms with Crippen LogP contribution in [0.1, 0.15) is 23.7 Å². The third-order valence-corrected chi connectivity index (χ3v) is 2.80. The molecule has 4 nitrogen and oxygen atoms in total. The molecule has 1 aromatic carbocycles. The Hall–Kier alpha value is -1.26. The quantitative estimate of drug-likeness (QED) is 0.538. The highest BCUT2D eigenvalue weighted by atomic mass is 16.3. The van der Waals surface area contributed by atoms with E-state index in [2.05, 4.69) is 5.32 Å². The second kappa shape index (κ2) is 4.08. The fourth-order valence-electron chi connectivity index (χ4n) is 2.04. The Bertz CT molecular complexity index is 366. The van der Waals surface area contributed by atoms with Crippen LogP contribution < -0.4 is 11.1 Å². The molecule has 0 aliphatic carbocycles. The first-order valence-corrected chi connectivity index (χ1v) is 5.18. The Labute approximate surface area is 88.7 Å². The normalized spacial score (nSPS) is 16.7. The second-order valence-corrected chi connectivity index (χ2v) is 3.83. The predicted molar refractivity (Wildman–Crippen MR) is 59.7 cm³/mol. The van der Waals surface area contributed by atoms with Crippen molar-refractivity contribution in [3.63, 3.8) is 0 Å². The Morgan fingerprint density at radius 3 is 3.00 bits per heavy atom. The molecule has 82 valence electrons. The van der Waals surface area contributed by atoms with Gasteiger partial charge in [-0.1, -0.05) is 6.07 Å². The van der Waals surface area contributed by atoms with Crippen molar-refractivity contribution in [1.82, 2.24) is 0 Å². The van der Waals surface area contributed by atoms with E-state index in [1.165, 1.54) is 0 Å². The summed E-state index contributed by atoms with van der Waals surface area (Å²) < 4.78 is 0. The zero-order valence-corrected chi connectivity index (χ0v) is 8.53. The molecule has 0 saturated carbocycles. The molecule has 0 spiro atoms. The maximum atomic E-state index is 9.70. The molecule has 1 unspecified atom stereocenters. The lowest BCUT2D eigenvalue weighted by molar-refractivity contribution is 0.0965. The van der Waals surface area contributed by atoms with Crippen LogP contribution in [0.4, 0.5) is 11.4 Å². The minimum Gasteiger partial charge on any atom is -0.398 e. The minimum absolute atomic E-state index is 0.303. The van der Waals surface area contributed by atoms with Crippen molar-refractivity contribution in [3.05, 3.63) is 23.3 Å². The van der Waals surface area contributed by atoms with E-state index in [1.54, 1.807) is 6.07 Å². The maximum Gasteiger partial charge on any atom is 0.106 e. The van der Waals surface area contributed by atoms with Crippen LogP contribution in [0.15, 0.2) is 12.1 Å². The average molecular weight is 208 g/mol. The number of hydrogen-bond acceptors (Lipinski definition) is 4. The third kappa shape index (κ3) is 1.78. The number of aryl methyl sites for hydroxylation is 1. The van der Waals surface area contributed by atoms with Gasteiger partial charge in [-0.15, -0.1) is 0 Å². The van der Waals surface area contributed by atoms with Gasteiger partial charge in [-0.2, -0.15) is 0 Å². The highest BCUT2D eigenvalue weighted by molar-refractivity contribution is 5.69. The van der Waals surface area contributed by atoms with Crippen LogP contribution in [0, 0.1) is 0 Å². The Kier molecular flexibility index (Phi) is 2.79. The number of nitrogens with two attached hydrogens (primary N) is 1. The lowest BCUT2D eigenvalue weighted by Crippen LogP contribution is -2.17. The molecule has 2 rings (SSSR count). The van der Waals surface area contributed by atoms with Crippen LogP contribution >= 0.6 is 0 Å². The molecule has 0 bridgehead atoms. The van der Waals surface area contributed by atoms with Gasteiger partial charge in [-0.25, -0.2) is 0 Å². The number of nitrogens with one attached hydrogen (secondary N) is 1. The molecule has 4 heteroatoms. The smallest absolute Gasteiger partial charge is 0.106 e. The molecule has 0 aromatic heterocycles. The van der Waals surface area contributed by atoms with Crippen LogP contribution in [-0.4, -0.2) is 23.4 Å². The summed E-state index contributed by atoms with van der Waals surface area (Å²) >= 11 is 0. The summed E-state index contributed by atoms with van der Waals surface area (Å²) in [4.78, 5) is 0. The molecule has 1 atom stereocenters. The first-order valence-electron chi connectivity index (χ1n) is 5.18. The van der Waals surface area contributed by atoms with Gasteiger partial charge in [0.25, 0.3) is 0 Å². The van der Waals surface area contributed by atoms with Gasteiger partial charge in [-0.05, 0) is 24.5 Å². The second-order valence-electron chi connectivity index (χ2n) is 3.83. The first kappa shape index (κ1) is 10.3. The molecule has 1 aromatic rings. The third-order valence-electron chi connectivity index (χ3n) is 2.80. The van der Waals surface area contributed by atoms with Gasteiger partial charge < -0.3 is 21.3 Å². The Morgan fingerprint density at radius 1 is 1.47 bits per heavy atom. The summed E-state index contributed by atoms with van der Waals surface area (Å²) in [6.07, 6.45) is 1.19. The highest BCUT2D eigenvalue weighted by Gasteiger charge is 2.19. The molecule has 15 heavy (non-hydrogen) atoms. The molecule has 0 radical (unpaired) electrons. The summed E-state index contributed by atoms with van der Waals surface area (Å²) in [5.74, 6) is 0. The molecular formula is C11H16N2O2. The fraction of sp³-hybridized carbons (Fsp3) is 0.455. The monoisotopic (exact) mass is 208 g/mol. The summed E-state index contributed by atoms with van der Waals surface area (Å²) in [5, 5.41) is 21.9. The lowest BCUT2D eigenvalue weighted by Gasteiger charge is -2.24. The van der Waals surface area contributed by atoms with Crippen molar-refractivity contribution in [1.29, 1.82) is 0 Å². The van der Waals surface area contributed by atoms with Crippen molar-refractivity contribution < 1.29 is 10.2 Å². The molecule has 1 heterocycles. The van der Waals surface area contributed by atoms with Crippen molar-refractivity contribution in [2.75, 3.05) is 24.2 Å². The van der Waals surface area contributed by atoms with E-state index in [1.807, 2.05) is 6.07 Å². The number of benzene rings is 1. The lowest BCUT2D eigenvalue weighted by atomic mass is 9.95. The summed E-state index contributed by atoms with van der Waals surface area (Å²) in [5.41, 5.74) is 9.05. The Morgan fingerprint density at radius 2 is 2.27 bits per heavy atom. The van der Waals surface area contributed by atoms with E-state index in [9.17, 15) is 5.11 Å². The summed E-state index contributed by atoms with van der Waals surface area (Å²) in [6.45, 7) is 0.587. The van der Waals surface area contributed by atoms with E-state index in [4.69, 9.17) is 10.8 Å². The van der Waals surface area contributed by atoms with E-state index < -0.39 is 6.10 Å². The van der Waals surface area contributed by atoms with E-state index >= 15 is 0 Å². The van der Waals surface area contributed by atoms with E-state index in [-0.39, 0.29) is 6.61 Å². The van der Waals surface area contributed by atoms with Crippen molar-refractivity contribution in [3.8, 4) is 0 Å². The zero-order valence-electron chi connectivity index (χ0n) is 8.53. The zero-order chi connectivity index (χ0) is 10.8. The molecule has 1 aliphatic heterocycles. The minimum atomic E-state index is -0.898. The van der Waals surface area contributed by atoms with Crippen LogP contribution in [0.25, 0.3) is 0 Å². The Balaban J connectivity index is 2.50. The molecule has 0 amide bonds.